The van der Waals surface area contributed by atoms with E-state index in [2.05, 4.69) is 70.2 Å². The molecule has 0 aliphatic rings. The lowest BCUT2D eigenvalue weighted by Crippen LogP contribution is -2.19. The largest absolute Gasteiger partial charge is 0.370 e. The van der Waals surface area contributed by atoms with Crippen molar-refractivity contribution in [2.75, 3.05) is 18.5 Å². The van der Waals surface area contributed by atoms with Gasteiger partial charge in [-0.3, -0.25) is 4.98 Å². The van der Waals surface area contributed by atoms with Crippen molar-refractivity contribution >= 4 is 21.6 Å². The van der Waals surface area contributed by atoms with Crippen molar-refractivity contribution in [2.45, 2.75) is 26.4 Å². The van der Waals surface area contributed by atoms with Crippen molar-refractivity contribution in [1.82, 2.24) is 10.3 Å². The van der Waals surface area contributed by atoms with E-state index in [4.69, 9.17) is 0 Å². The maximum atomic E-state index is 4.06. The van der Waals surface area contributed by atoms with Gasteiger partial charge in [-0.15, -0.1) is 0 Å². The molecule has 2 aromatic rings. The summed E-state index contributed by atoms with van der Waals surface area (Å²) in [6.45, 7) is 6.15. The van der Waals surface area contributed by atoms with Crippen LogP contribution in [-0.4, -0.2) is 18.6 Å². The number of hydrogen-bond donors (Lipinski definition) is 1. The highest BCUT2D eigenvalue weighted by atomic mass is 79.9. The second-order valence-electron chi connectivity index (χ2n) is 5.20. The molecule has 1 unspecified atom stereocenters. The van der Waals surface area contributed by atoms with Gasteiger partial charge < -0.3 is 10.2 Å². The Hall–Kier alpha value is -1.39. The van der Waals surface area contributed by atoms with Gasteiger partial charge in [-0.05, 0) is 48.9 Å². The first kappa shape index (κ1) is 16.0. The van der Waals surface area contributed by atoms with E-state index in [-0.39, 0.29) is 0 Å². The van der Waals surface area contributed by atoms with Gasteiger partial charge in [0.2, 0.25) is 0 Å². The second-order valence-corrected chi connectivity index (χ2v) is 6.05. The predicted molar refractivity (Wildman–Crippen MR) is 92.6 cm³/mol. The normalized spacial score (nSPS) is 12.2. The number of anilines is 1. The standard InChI is InChI=1S/C17H22BrN3/c1-4-20-13(2)16-6-5-15(11-17(16)18)21(3)12-14-7-9-19-10-8-14/h5-11,13,20H,4,12H2,1-3H3. The summed E-state index contributed by atoms with van der Waals surface area (Å²) in [6, 6.07) is 11.0. The molecule has 0 fully saturated rings. The molecular formula is C17H22BrN3. The molecular weight excluding hydrogens is 326 g/mol. The summed E-state index contributed by atoms with van der Waals surface area (Å²) in [7, 11) is 2.11. The van der Waals surface area contributed by atoms with Crippen LogP contribution in [0, 0.1) is 0 Å². The topological polar surface area (TPSA) is 28.2 Å². The van der Waals surface area contributed by atoms with E-state index < -0.39 is 0 Å². The molecule has 0 saturated carbocycles. The third-order valence-electron chi connectivity index (χ3n) is 3.57. The molecule has 0 saturated heterocycles. The summed E-state index contributed by atoms with van der Waals surface area (Å²) in [5.41, 5.74) is 3.75. The van der Waals surface area contributed by atoms with Crippen LogP contribution in [0.3, 0.4) is 0 Å². The summed E-state index contributed by atoms with van der Waals surface area (Å²) >= 11 is 3.69. The van der Waals surface area contributed by atoms with Crippen LogP contribution in [0.15, 0.2) is 47.2 Å². The SMILES string of the molecule is CCNC(C)c1ccc(N(C)Cc2ccncc2)cc1Br. The third kappa shape index (κ3) is 4.29. The lowest BCUT2D eigenvalue weighted by molar-refractivity contribution is 0.596. The third-order valence-corrected chi connectivity index (χ3v) is 4.26. The first-order chi connectivity index (χ1) is 10.1. The molecule has 0 spiro atoms. The molecule has 1 aromatic carbocycles. The van der Waals surface area contributed by atoms with Gasteiger partial charge in [-0.2, -0.15) is 0 Å². The van der Waals surface area contributed by atoms with E-state index in [0.29, 0.717) is 6.04 Å². The van der Waals surface area contributed by atoms with Gasteiger partial charge in [0.05, 0.1) is 0 Å². The Kier molecular flexibility index (Phi) is 5.76. The number of halogens is 1. The fraction of sp³-hybridized carbons (Fsp3) is 0.353. The fourth-order valence-corrected chi connectivity index (χ4v) is 3.08. The predicted octanol–water partition coefficient (Wildman–Crippen LogP) is 4.15. The van der Waals surface area contributed by atoms with Crippen molar-refractivity contribution in [3.8, 4) is 0 Å². The van der Waals surface area contributed by atoms with Crippen LogP contribution in [0.5, 0.6) is 0 Å². The number of aromatic nitrogens is 1. The van der Waals surface area contributed by atoms with Crippen LogP contribution in [0.1, 0.15) is 31.0 Å². The highest BCUT2D eigenvalue weighted by molar-refractivity contribution is 9.10. The molecule has 1 aromatic heterocycles. The summed E-state index contributed by atoms with van der Waals surface area (Å²) in [5, 5.41) is 3.44. The van der Waals surface area contributed by atoms with Crippen LogP contribution < -0.4 is 10.2 Å². The average molecular weight is 348 g/mol. The smallest absolute Gasteiger partial charge is 0.0427 e. The van der Waals surface area contributed by atoms with E-state index in [1.807, 2.05) is 24.5 Å². The van der Waals surface area contributed by atoms with Crippen molar-refractivity contribution in [2.24, 2.45) is 0 Å². The Labute approximate surface area is 135 Å². The van der Waals surface area contributed by atoms with E-state index >= 15 is 0 Å². The first-order valence-electron chi connectivity index (χ1n) is 7.24. The lowest BCUT2D eigenvalue weighted by atomic mass is 10.1. The Morgan fingerprint density at radius 2 is 1.95 bits per heavy atom. The molecule has 0 amide bonds. The van der Waals surface area contributed by atoms with E-state index in [0.717, 1.165) is 17.6 Å². The maximum Gasteiger partial charge on any atom is 0.0427 e. The number of rotatable bonds is 6. The van der Waals surface area contributed by atoms with Gasteiger partial charge in [0.25, 0.3) is 0 Å². The quantitative estimate of drug-likeness (QED) is 0.850. The highest BCUT2D eigenvalue weighted by Gasteiger charge is 2.10. The van der Waals surface area contributed by atoms with Crippen LogP contribution in [0.4, 0.5) is 5.69 Å². The van der Waals surface area contributed by atoms with Crippen molar-refractivity contribution in [3.63, 3.8) is 0 Å². The Morgan fingerprint density at radius 1 is 1.24 bits per heavy atom. The lowest BCUT2D eigenvalue weighted by Gasteiger charge is -2.22. The molecule has 3 nitrogen and oxygen atoms in total. The van der Waals surface area contributed by atoms with Crippen molar-refractivity contribution in [3.05, 3.63) is 58.3 Å². The summed E-state index contributed by atoms with van der Waals surface area (Å²) in [5.74, 6) is 0. The Balaban J connectivity index is 2.12. The van der Waals surface area contributed by atoms with Crippen LogP contribution in [-0.2, 0) is 6.54 Å². The van der Waals surface area contributed by atoms with Gasteiger partial charge >= 0.3 is 0 Å². The molecule has 0 aliphatic carbocycles. The average Bonchev–Trinajstić information content (AvgIpc) is 2.48. The van der Waals surface area contributed by atoms with Gasteiger partial charge in [0.15, 0.2) is 0 Å². The fourth-order valence-electron chi connectivity index (χ4n) is 2.37. The minimum absolute atomic E-state index is 0.351. The van der Waals surface area contributed by atoms with Crippen LogP contribution >= 0.6 is 15.9 Å². The minimum Gasteiger partial charge on any atom is -0.370 e. The molecule has 1 heterocycles. The molecule has 21 heavy (non-hydrogen) atoms. The number of nitrogens with one attached hydrogen (secondary N) is 1. The van der Waals surface area contributed by atoms with Gasteiger partial charge in [0.1, 0.15) is 0 Å². The molecule has 112 valence electrons. The summed E-state index contributed by atoms with van der Waals surface area (Å²) in [6.07, 6.45) is 3.67. The molecule has 2 rings (SSSR count). The number of nitrogens with zero attached hydrogens (tertiary/aromatic N) is 2. The number of benzene rings is 1. The van der Waals surface area contributed by atoms with E-state index in [1.54, 1.807) is 0 Å². The first-order valence-corrected chi connectivity index (χ1v) is 8.04. The molecule has 0 bridgehead atoms. The number of hydrogen-bond acceptors (Lipinski definition) is 3. The van der Waals surface area contributed by atoms with Gasteiger partial charge in [-0.25, -0.2) is 0 Å². The molecule has 1 N–H and O–H groups in total. The van der Waals surface area contributed by atoms with Gasteiger partial charge in [0, 0.05) is 42.2 Å². The summed E-state index contributed by atoms with van der Waals surface area (Å²) in [4.78, 5) is 6.29. The molecule has 0 aliphatic heterocycles. The van der Waals surface area contributed by atoms with Gasteiger partial charge in [-0.1, -0.05) is 28.9 Å². The van der Waals surface area contributed by atoms with Crippen molar-refractivity contribution in [1.29, 1.82) is 0 Å². The molecule has 4 heteroatoms. The Morgan fingerprint density at radius 3 is 2.57 bits per heavy atom. The number of pyridine rings is 1. The zero-order valence-electron chi connectivity index (χ0n) is 12.8. The zero-order valence-corrected chi connectivity index (χ0v) is 14.4. The zero-order chi connectivity index (χ0) is 15.2. The van der Waals surface area contributed by atoms with Crippen LogP contribution in [0.2, 0.25) is 0 Å². The summed E-state index contributed by atoms with van der Waals surface area (Å²) < 4.78 is 1.15. The van der Waals surface area contributed by atoms with E-state index in [9.17, 15) is 0 Å². The minimum atomic E-state index is 0.351. The molecule has 0 radical (unpaired) electrons. The van der Waals surface area contributed by atoms with E-state index in [1.165, 1.54) is 16.8 Å². The second kappa shape index (κ2) is 7.57. The highest BCUT2D eigenvalue weighted by Crippen LogP contribution is 2.28. The van der Waals surface area contributed by atoms with Crippen molar-refractivity contribution < 1.29 is 0 Å². The van der Waals surface area contributed by atoms with Crippen LogP contribution in [0.25, 0.3) is 0 Å². The maximum absolute atomic E-state index is 4.06. The molecule has 1 atom stereocenters. The Bertz CT molecular complexity index is 572. The monoisotopic (exact) mass is 347 g/mol.